The normalized spacial score (nSPS) is 18.0. The van der Waals surface area contributed by atoms with Crippen molar-refractivity contribution in [2.24, 2.45) is 0 Å². The van der Waals surface area contributed by atoms with Crippen molar-refractivity contribution in [3.05, 3.63) is 59.2 Å². The highest BCUT2D eigenvalue weighted by Gasteiger charge is 2.16. The maximum Gasteiger partial charge on any atom is 0.0373 e. The van der Waals surface area contributed by atoms with Gasteiger partial charge >= 0.3 is 0 Å². The van der Waals surface area contributed by atoms with E-state index in [4.69, 9.17) is 0 Å². The van der Waals surface area contributed by atoms with Crippen LogP contribution in [0.15, 0.2) is 47.4 Å². The first-order valence-electron chi connectivity index (χ1n) is 7.28. The topological polar surface area (TPSA) is 12.0 Å². The van der Waals surface area contributed by atoms with Crippen LogP contribution in [0.1, 0.15) is 23.1 Å². The maximum absolute atomic E-state index is 3.60. The van der Waals surface area contributed by atoms with E-state index >= 15 is 0 Å². The summed E-state index contributed by atoms with van der Waals surface area (Å²) in [5, 5.41) is 4.24. The number of rotatable bonds is 2. The number of fused-ring (bicyclic) bond motifs is 1. The number of para-hydroxylation sites is 1. The molecule has 0 spiro atoms. The first kappa shape index (κ1) is 13.6. The van der Waals surface area contributed by atoms with E-state index in [1.165, 1.54) is 40.1 Å². The summed E-state index contributed by atoms with van der Waals surface area (Å²) in [6.45, 7) is 5.42. The molecule has 0 amide bonds. The molecule has 20 heavy (non-hydrogen) atoms. The fourth-order valence-electron chi connectivity index (χ4n) is 2.63. The van der Waals surface area contributed by atoms with E-state index in [2.05, 4.69) is 61.6 Å². The highest BCUT2D eigenvalue weighted by molar-refractivity contribution is 8.00. The van der Waals surface area contributed by atoms with Gasteiger partial charge in [-0.25, -0.2) is 0 Å². The average Bonchev–Trinajstić information content (AvgIpc) is 2.66. The van der Waals surface area contributed by atoms with E-state index in [1.807, 2.05) is 11.8 Å². The summed E-state index contributed by atoms with van der Waals surface area (Å²) in [5.41, 5.74) is 5.53. The van der Waals surface area contributed by atoms with Crippen LogP contribution < -0.4 is 5.32 Å². The van der Waals surface area contributed by atoms with Crippen molar-refractivity contribution < 1.29 is 0 Å². The Kier molecular flexibility index (Phi) is 4.02. The van der Waals surface area contributed by atoms with Gasteiger partial charge in [-0.1, -0.05) is 24.3 Å². The first-order chi connectivity index (χ1) is 9.72. The summed E-state index contributed by atoms with van der Waals surface area (Å²) in [6.07, 6.45) is 2.41. The molecule has 1 nitrogen and oxygen atoms in total. The molecule has 1 aliphatic heterocycles. The van der Waals surface area contributed by atoms with Gasteiger partial charge in [0.2, 0.25) is 0 Å². The van der Waals surface area contributed by atoms with Crippen LogP contribution in [0, 0.1) is 13.8 Å². The number of anilines is 1. The maximum atomic E-state index is 3.60. The molecule has 1 unspecified atom stereocenters. The van der Waals surface area contributed by atoms with Gasteiger partial charge < -0.3 is 5.32 Å². The molecule has 0 aromatic heterocycles. The van der Waals surface area contributed by atoms with Crippen molar-refractivity contribution in [3.8, 4) is 0 Å². The van der Waals surface area contributed by atoms with E-state index in [-0.39, 0.29) is 0 Å². The van der Waals surface area contributed by atoms with Crippen LogP contribution in [-0.4, -0.2) is 11.8 Å². The predicted molar refractivity (Wildman–Crippen MR) is 88.8 cm³/mol. The molecule has 2 aromatic carbocycles. The third-order valence-corrected chi connectivity index (χ3v) is 5.32. The SMILES string of the molecule is Cc1ccc(SC2CCc3ccccc3NC2)cc1C. The Morgan fingerprint density at radius 1 is 1.05 bits per heavy atom. The zero-order valence-electron chi connectivity index (χ0n) is 12.1. The molecule has 0 saturated heterocycles. The van der Waals surface area contributed by atoms with E-state index in [0.717, 1.165) is 6.54 Å². The second-order valence-corrected chi connectivity index (χ2v) is 6.94. The molecule has 0 fully saturated rings. The summed E-state index contributed by atoms with van der Waals surface area (Å²) in [4.78, 5) is 1.39. The highest BCUT2D eigenvalue weighted by Crippen LogP contribution is 2.31. The Labute approximate surface area is 125 Å². The van der Waals surface area contributed by atoms with E-state index in [0.29, 0.717) is 5.25 Å². The lowest BCUT2D eigenvalue weighted by atomic mass is 10.1. The van der Waals surface area contributed by atoms with Gasteiger partial charge in [-0.3, -0.25) is 0 Å². The molecule has 1 heterocycles. The molecule has 0 radical (unpaired) electrons. The minimum Gasteiger partial charge on any atom is -0.384 e. The lowest BCUT2D eigenvalue weighted by Gasteiger charge is -2.15. The third kappa shape index (κ3) is 3.01. The molecule has 2 aromatic rings. The smallest absolute Gasteiger partial charge is 0.0373 e. The lowest BCUT2D eigenvalue weighted by Crippen LogP contribution is -2.14. The monoisotopic (exact) mass is 283 g/mol. The molecular weight excluding hydrogens is 262 g/mol. The van der Waals surface area contributed by atoms with E-state index in [9.17, 15) is 0 Å². The van der Waals surface area contributed by atoms with Crippen molar-refractivity contribution in [1.29, 1.82) is 0 Å². The Bertz CT molecular complexity index is 579. The van der Waals surface area contributed by atoms with Crippen LogP contribution in [0.2, 0.25) is 0 Å². The first-order valence-corrected chi connectivity index (χ1v) is 8.16. The largest absolute Gasteiger partial charge is 0.384 e. The van der Waals surface area contributed by atoms with Gasteiger partial charge in [0.05, 0.1) is 0 Å². The Morgan fingerprint density at radius 2 is 1.90 bits per heavy atom. The summed E-state index contributed by atoms with van der Waals surface area (Å²) < 4.78 is 0. The minimum atomic E-state index is 0.643. The molecule has 0 saturated carbocycles. The van der Waals surface area contributed by atoms with Gasteiger partial charge in [-0.2, -0.15) is 0 Å². The van der Waals surface area contributed by atoms with Gasteiger partial charge in [-0.05, 0) is 61.6 Å². The quantitative estimate of drug-likeness (QED) is 0.848. The van der Waals surface area contributed by atoms with Crippen molar-refractivity contribution in [1.82, 2.24) is 0 Å². The molecule has 0 aliphatic carbocycles. The van der Waals surface area contributed by atoms with Gasteiger partial charge in [-0.15, -0.1) is 11.8 Å². The van der Waals surface area contributed by atoms with Crippen LogP contribution in [-0.2, 0) is 6.42 Å². The molecule has 1 aliphatic rings. The fourth-order valence-corrected chi connectivity index (χ4v) is 3.81. The number of hydrogen-bond donors (Lipinski definition) is 1. The van der Waals surface area contributed by atoms with Crippen LogP contribution in [0.25, 0.3) is 0 Å². The molecule has 3 rings (SSSR count). The molecule has 1 N–H and O–H groups in total. The molecule has 1 atom stereocenters. The zero-order valence-corrected chi connectivity index (χ0v) is 13.0. The van der Waals surface area contributed by atoms with Gasteiger partial charge in [0.15, 0.2) is 0 Å². The van der Waals surface area contributed by atoms with Crippen molar-refractivity contribution >= 4 is 17.4 Å². The number of hydrogen-bond acceptors (Lipinski definition) is 2. The lowest BCUT2D eigenvalue weighted by molar-refractivity contribution is 0.803. The van der Waals surface area contributed by atoms with Gasteiger partial charge in [0.25, 0.3) is 0 Å². The van der Waals surface area contributed by atoms with E-state index < -0.39 is 0 Å². The second-order valence-electron chi connectivity index (χ2n) is 5.56. The van der Waals surface area contributed by atoms with Crippen LogP contribution in [0.4, 0.5) is 5.69 Å². The van der Waals surface area contributed by atoms with Crippen molar-refractivity contribution in [2.45, 2.75) is 36.8 Å². The molecule has 104 valence electrons. The van der Waals surface area contributed by atoms with Crippen molar-refractivity contribution in [3.63, 3.8) is 0 Å². The van der Waals surface area contributed by atoms with E-state index in [1.54, 1.807) is 0 Å². The van der Waals surface area contributed by atoms with Crippen LogP contribution in [0.3, 0.4) is 0 Å². The van der Waals surface area contributed by atoms with Gasteiger partial charge in [0.1, 0.15) is 0 Å². The summed E-state index contributed by atoms with van der Waals surface area (Å²) in [6, 6.07) is 15.5. The molecule has 0 bridgehead atoms. The third-order valence-electron chi connectivity index (χ3n) is 4.05. The minimum absolute atomic E-state index is 0.643. The number of thioether (sulfide) groups is 1. The number of benzene rings is 2. The number of nitrogens with one attached hydrogen (secondary N) is 1. The summed E-state index contributed by atoms with van der Waals surface area (Å²) in [5.74, 6) is 0. The molecular formula is C18H21NS. The summed E-state index contributed by atoms with van der Waals surface area (Å²) >= 11 is 2.01. The zero-order chi connectivity index (χ0) is 13.9. The number of aryl methyl sites for hydroxylation is 3. The average molecular weight is 283 g/mol. The highest BCUT2D eigenvalue weighted by atomic mass is 32.2. The predicted octanol–water partition coefficient (Wildman–Crippen LogP) is 4.82. The Hall–Kier alpha value is -1.41. The van der Waals surface area contributed by atoms with Crippen molar-refractivity contribution in [2.75, 3.05) is 11.9 Å². The van der Waals surface area contributed by atoms with Crippen LogP contribution >= 0.6 is 11.8 Å². The Morgan fingerprint density at radius 3 is 2.75 bits per heavy atom. The Balaban J connectivity index is 1.69. The fraction of sp³-hybridized carbons (Fsp3) is 0.333. The second kappa shape index (κ2) is 5.92. The summed E-state index contributed by atoms with van der Waals surface area (Å²) in [7, 11) is 0. The standard InChI is InChI=1S/C18H21NS/c1-13-7-9-16(11-14(13)2)20-17-10-8-15-5-3-4-6-18(15)19-12-17/h3-7,9,11,17,19H,8,10,12H2,1-2H3. The van der Waals surface area contributed by atoms with Gasteiger partial charge in [0, 0.05) is 22.4 Å². The van der Waals surface area contributed by atoms with Crippen LogP contribution in [0.5, 0.6) is 0 Å². The molecule has 2 heteroatoms.